The molecule has 1 unspecified atom stereocenters. The van der Waals surface area contributed by atoms with Gasteiger partial charge in [0.2, 0.25) is 11.8 Å². The summed E-state index contributed by atoms with van der Waals surface area (Å²) in [7, 11) is 0. The molecule has 0 bridgehead atoms. The van der Waals surface area contributed by atoms with Crippen molar-refractivity contribution >= 4 is 44.1 Å². The summed E-state index contributed by atoms with van der Waals surface area (Å²) in [4.78, 5) is 28.8. The zero-order valence-corrected chi connectivity index (χ0v) is 18.4. The van der Waals surface area contributed by atoms with Crippen LogP contribution in [0.15, 0.2) is 60.1 Å². The van der Waals surface area contributed by atoms with E-state index in [0.717, 1.165) is 32.1 Å². The zero-order chi connectivity index (χ0) is 22.3. The third-order valence-corrected chi connectivity index (χ3v) is 6.48. The minimum atomic E-state index is -0.692. The zero-order valence-electron chi connectivity index (χ0n) is 17.6. The Morgan fingerprint density at radius 2 is 1.84 bits per heavy atom. The molecule has 4 rings (SSSR count). The number of aromatic nitrogens is 1. The van der Waals surface area contributed by atoms with Crippen molar-refractivity contribution in [2.45, 2.75) is 31.7 Å². The lowest BCUT2D eigenvalue weighted by Gasteiger charge is -2.18. The number of hydrogen-bond donors (Lipinski definition) is 3. The molecule has 6 nitrogen and oxygen atoms in total. The lowest BCUT2D eigenvalue weighted by molar-refractivity contribution is -0.128. The molecule has 0 saturated heterocycles. The second kappa shape index (κ2) is 10.1. The number of fused-ring (bicyclic) bond motifs is 2. The van der Waals surface area contributed by atoms with E-state index in [9.17, 15) is 9.59 Å². The van der Waals surface area contributed by atoms with Crippen LogP contribution in [0, 0.1) is 11.3 Å². The van der Waals surface area contributed by atoms with Gasteiger partial charge in [-0.25, -0.2) is 0 Å². The van der Waals surface area contributed by atoms with E-state index in [2.05, 4.69) is 15.6 Å². The van der Waals surface area contributed by atoms with Crippen LogP contribution in [-0.4, -0.2) is 29.4 Å². The average Bonchev–Trinajstić information content (AvgIpc) is 3.41. The molecule has 4 aromatic rings. The Bertz CT molecular complexity index is 1280. The summed E-state index contributed by atoms with van der Waals surface area (Å²) < 4.78 is 1.15. The van der Waals surface area contributed by atoms with Gasteiger partial charge >= 0.3 is 0 Å². The Morgan fingerprint density at radius 1 is 1.06 bits per heavy atom. The third-order valence-electron chi connectivity index (χ3n) is 5.47. The lowest BCUT2D eigenvalue weighted by atomic mass is 10.0. The predicted molar refractivity (Wildman–Crippen MR) is 127 cm³/mol. The first-order valence-corrected chi connectivity index (χ1v) is 11.5. The lowest BCUT2D eigenvalue weighted by Crippen LogP contribution is -2.48. The molecule has 7 heteroatoms. The minimum Gasteiger partial charge on any atom is -0.361 e. The van der Waals surface area contributed by atoms with Gasteiger partial charge in [0.15, 0.2) is 0 Å². The number of thiophene rings is 1. The number of aromatic amines is 1. The number of aryl methyl sites for hydroxylation is 1. The summed E-state index contributed by atoms with van der Waals surface area (Å²) in [6.07, 6.45) is 3.44. The summed E-state index contributed by atoms with van der Waals surface area (Å²) in [5, 5.41) is 18.7. The Hall–Kier alpha value is -3.63. The van der Waals surface area contributed by atoms with Gasteiger partial charge in [-0.2, -0.15) is 5.26 Å². The number of rotatable bonds is 9. The van der Waals surface area contributed by atoms with Crippen LogP contribution in [0.3, 0.4) is 0 Å². The first kappa shape index (κ1) is 21.6. The summed E-state index contributed by atoms with van der Waals surface area (Å²) in [6.45, 7) is 0.265. The highest BCUT2D eigenvalue weighted by molar-refractivity contribution is 7.17. The number of H-pyrrole nitrogens is 1. The number of hydrogen-bond acceptors (Lipinski definition) is 4. The number of benzene rings is 2. The quantitative estimate of drug-likeness (QED) is 0.339. The molecule has 0 saturated carbocycles. The molecule has 0 fully saturated rings. The standard InChI is InChI=1S/C25H24N4O2S/c26-12-5-13-27-25(31)22(14-18-16-32-23-9-4-2-7-20(18)23)29-24(30)11-10-17-15-28-21-8-3-1-6-19(17)21/h1-4,6-9,15-16,22,28H,5,10-11,13-14H2,(H,27,31)(H,29,30). The van der Waals surface area contributed by atoms with Gasteiger partial charge in [-0.3, -0.25) is 9.59 Å². The smallest absolute Gasteiger partial charge is 0.242 e. The summed E-state index contributed by atoms with van der Waals surface area (Å²) in [5.41, 5.74) is 3.15. The maximum absolute atomic E-state index is 12.8. The number of nitrogens with zero attached hydrogens (tertiary/aromatic N) is 1. The van der Waals surface area contributed by atoms with Crippen molar-refractivity contribution in [3.8, 4) is 6.07 Å². The molecule has 32 heavy (non-hydrogen) atoms. The fraction of sp³-hybridized carbons (Fsp3) is 0.240. The second-order valence-electron chi connectivity index (χ2n) is 7.64. The molecular weight excluding hydrogens is 420 g/mol. The van der Waals surface area contributed by atoms with Crippen LogP contribution in [0.4, 0.5) is 0 Å². The predicted octanol–water partition coefficient (Wildman–Crippen LogP) is 4.07. The van der Waals surface area contributed by atoms with Crippen LogP contribution >= 0.6 is 11.3 Å². The number of carbonyl (C=O) groups excluding carboxylic acids is 2. The van der Waals surface area contributed by atoms with E-state index in [0.29, 0.717) is 12.8 Å². The monoisotopic (exact) mass is 444 g/mol. The molecule has 0 radical (unpaired) electrons. The van der Waals surface area contributed by atoms with Crippen LogP contribution in [0.25, 0.3) is 21.0 Å². The molecule has 2 heterocycles. The van der Waals surface area contributed by atoms with Crippen LogP contribution < -0.4 is 10.6 Å². The molecule has 2 aromatic carbocycles. The highest BCUT2D eigenvalue weighted by Gasteiger charge is 2.22. The van der Waals surface area contributed by atoms with Gasteiger partial charge < -0.3 is 15.6 Å². The second-order valence-corrected chi connectivity index (χ2v) is 8.55. The van der Waals surface area contributed by atoms with E-state index < -0.39 is 6.04 Å². The molecule has 162 valence electrons. The van der Waals surface area contributed by atoms with Gasteiger partial charge in [-0.05, 0) is 40.4 Å². The van der Waals surface area contributed by atoms with Crippen LogP contribution in [0.2, 0.25) is 0 Å². The first-order chi connectivity index (χ1) is 15.7. The van der Waals surface area contributed by atoms with E-state index in [1.54, 1.807) is 11.3 Å². The van der Waals surface area contributed by atoms with Crippen molar-refractivity contribution in [1.82, 2.24) is 15.6 Å². The summed E-state index contributed by atoms with van der Waals surface area (Å²) in [5.74, 6) is -0.439. The van der Waals surface area contributed by atoms with Crippen LogP contribution in [0.5, 0.6) is 0 Å². The Labute approximate surface area is 190 Å². The van der Waals surface area contributed by atoms with Crippen molar-refractivity contribution in [2.24, 2.45) is 0 Å². The molecule has 1 atom stereocenters. The van der Waals surface area contributed by atoms with E-state index in [1.165, 1.54) is 0 Å². The topological polar surface area (TPSA) is 97.8 Å². The molecule has 0 spiro atoms. The fourth-order valence-electron chi connectivity index (χ4n) is 3.84. The Morgan fingerprint density at radius 3 is 2.69 bits per heavy atom. The van der Waals surface area contributed by atoms with Gasteiger partial charge in [0.1, 0.15) is 6.04 Å². The maximum Gasteiger partial charge on any atom is 0.242 e. The fourth-order valence-corrected chi connectivity index (χ4v) is 4.81. The molecule has 2 amide bonds. The summed E-state index contributed by atoms with van der Waals surface area (Å²) in [6, 6.07) is 17.4. The number of para-hydroxylation sites is 1. The number of nitriles is 1. The normalized spacial score (nSPS) is 11.8. The minimum absolute atomic E-state index is 0.171. The van der Waals surface area contributed by atoms with Gasteiger partial charge in [0.25, 0.3) is 0 Å². The average molecular weight is 445 g/mol. The summed E-state index contributed by atoms with van der Waals surface area (Å²) >= 11 is 1.63. The van der Waals surface area contributed by atoms with Gasteiger partial charge in [0.05, 0.1) is 12.5 Å². The van der Waals surface area contributed by atoms with Crippen molar-refractivity contribution in [2.75, 3.05) is 6.54 Å². The van der Waals surface area contributed by atoms with Gasteiger partial charge in [-0.1, -0.05) is 36.4 Å². The third kappa shape index (κ3) is 4.98. The highest BCUT2D eigenvalue weighted by Crippen LogP contribution is 2.26. The van der Waals surface area contributed by atoms with Crippen molar-refractivity contribution in [1.29, 1.82) is 5.26 Å². The Balaban J connectivity index is 1.44. The van der Waals surface area contributed by atoms with Crippen LogP contribution in [-0.2, 0) is 22.4 Å². The van der Waals surface area contributed by atoms with Crippen molar-refractivity contribution in [3.05, 3.63) is 71.2 Å². The number of nitrogens with one attached hydrogen (secondary N) is 3. The molecule has 0 aliphatic rings. The van der Waals surface area contributed by atoms with Gasteiger partial charge in [-0.15, -0.1) is 11.3 Å². The first-order valence-electron chi connectivity index (χ1n) is 10.6. The molecule has 0 aliphatic heterocycles. The van der Waals surface area contributed by atoms with Gasteiger partial charge in [0, 0.05) is 41.2 Å². The molecule has 3 N–H and O–H groups in total. The SMILES string of the molecule is N#CCCNC(=O)C(Cc1csc2ccccc12)NC(=O)CCc1c[nH]c2ccccc12. The van der Waals surface area contributed by atoms with Crippen LogP contribution in [0.1, 0.15) is 24.0 Å². The van der Waals surface area contributed by atoms with E-state index >= 15 is 0 Å². The van der Waals surface area contributed by atoms with Crippen molar-refractivity contribution in [3.63, 3.8) is 0 Å². The Kier molecular flexibility index (Phi) is 6.83. The highest BCUT2D eigenvalue weighted by atomic mass is 32.1. The van der Waals surface area contributed by atoms with E-state index in [4.69, 9.17) is 5.26 Å². The molecular formula is C25H24N4O2S. The number of carbonyl (C=O) groups is 2. The van der Waals surface area contributed by atoms with E-state index in [-0.39, 0.29) is 31.2 Å². The molecule has 0 aliphatic carbocycles. The molecule has 2 aromatic heterocycles. The largest absolute Gasteiger partial charge is 0.361 e. The van der Waals surface area contributed by atoms with Crippen molar-refractivity contribution < 1.29 is 9.59 Å². The number of amides is 2. The van der Waals surface area contributed by atoms with E-state index in [1.807, 2.05) is 66.2 Å². The maximum atomic E-state index is 12.8.